The molecule has 0 bridgehead atoms. The van der Waals surface area contributed by atoms with Gasteiger partial charge in [-0.05, 0) is 64.9 Å². The standard InChI is InChI=1S/C32H19F7/c1-18-2-4-19(5-3-18)20-6-10-25-21(14-20)8-11-26(31(25)36)22-7-9-24(28(33)15-22)23-16-29(34)27(30(35)17-23)12-13-32(37,38)39/h2-17H,1H3/b13-12+. The van der Waals surface area contributed by atoms with Gasteiger partial charge in [-0.2, -0.15) is 13.2 Å². The SMILES string of the molecule is Cc1ccc(-c2ccc3c(F)c(-c4ccc(-c5cc(F)c(/C=C/C(F)(F)F)c(F)c5)c(F)c4)ccc3c2)cc1. The zero-order chi connectivity index (χ0) is 27.9. The summed E-state index contributed by atoms with van der Waals surface area (Å²) >= 11 is 0. The van der Waals surface area contributed by atoms with Crippen LogP contribution in [0.15, 0.2) is 91.0 Å². The van der Waals surface area contributed by atoms with Crippen LogP contribution in [0, 0.1) is 30.2 Å². The van der Waals surface area contributed by atoms with E-state index >= 15 is 8.78 Å². The molecule has 5 aromatic rings. The highest BCUT2D eigenvalue weighted by atomic mass is 19.4. The number of benzene rings is 5. The Labute approximate surface area is 219 Å². The number of aryl methyl sites for hydroxylation is 1. The van der Waals surface area contributed by atoms with Gasteiger partial charge in [0.15, 0.2) is 0 Å². The summed E-state index contributed by atoms with van der Waals surface area (Å²) in [6, 6.07) is 21.7. The van der Waals surface area contributed by atoms with Crippen LogP contribution in [0.2, 0.25) is 0 Å². The summed E-state index contributed by atoms with van der Waals surface area (Å²) in [5.41, 5.74) is 2.10. The summed E-state index contributed by atoms with van der Waals surface area (Å²) < 4.78 is 96.5. The smallest absolute Gasteiger partial charge is 0.206 e. The van der Waals surface area contributed by atoms with E-state index in [0.29, 0.717) is 10.8 Å². The van der Waals surface area contributed by atoms with Gasteiger partial charge < -0.3 is 0 Å². The van der Waals surface area contributed by atoms with Crippen LogP contribution in [0.4, 0.5) is 30.7 Å². The molecule has 0 aliphatic rings. The average molecular weight is 536 g/mol. The van der Waals surface area contributed by atoms with Gasteiger partial charge in [-0.25, -0.2) is 17.6 Å². The first-order valence-electron chi connectivity index (χ1n) is 11.8. The fourth-order valence-electron chi connectivity index (χ4n) is 4.43. The Morgan fingerprint density at radius 3 is 1.79 bits per heavy atom. The number of hydrogen-bond acceptors (Lipinski definition) is 0. The first kappa shape index (κ1) is 26.2. The maximum absolute atomic E-state index is 15.5. The lowest BCUT2D eigenvalue weighted by atomic mass is 9.95. The normalized spacial score (nSPS) is 12.0. The van der Waals surface area contributed by atoms with E-state index in [0.717, 1.165) is 34.9 Å². The largest absolute Gasteiger partial charge is 0.409 e. The Morgan fingerprint density at radius 2 is 1.15 bits per heavy atom. The Morgan fingerprint density at radius 1 is 0.564 bits per heavy atom. The van der Waals surface area contributed by atoms with Crippen molar-refractivity contribution in [1.82, 2.24) is 0 Å². The molecule has 5 aromatic carbocycles. The second kappa shape index (κ2) is 10.1. The van der Waals surface area contributed by atoms with E-state index < -0.39 is 35.0 Å². The van der Waals surface area contributed by atoms with Gasteiger partial charge in [0.1, 0.15) is 23.3 Å². The minimum atomic E-state index is -4.75. The first-order chi connectivity index (χ1) is 18.5. The van der Waals surface area contributed by atoms with Gasteiger partial charge in [-0.1, -0.05) is 66.2 Å². The molecule has 0 aliphatic heterocycles. The van der Waals surface area contributed by atoms with Gasteiger partial charge in [-0.15, -0.1) is 0 Å². The summed E-state index contributed by atoms with van der Waals surface area (Å²) in [6.45, 7) is 1.99. The number of rotatable bonds is 4. The molecule has 0 aromatic heterocycles. The molecule has 0 N–H and O–H groups in total. The molecule has 0 nitrogen and oxygen atoms in total. The summed E-state index contributed by atoms with van der Waals surface area (Å²) in [4.78, 5) is 0. The van der Waals surface area contributed by atoms with E-state index in [1.807, 2.05) is 37.3 Å². The predicted octanol–water partition coefficient (Wildman–Crippen LogP) is 10.3. The summed E-state index contributed by atoms with van der Waals surface area (Å²) in [5, 5.41) is 1.01. The van der Waals surface area contributed by atoms with Gasteiger partial charge in [-0.3, -0.25) is 0 Å². The molecule has 0 amide bonds. The summed E-state index contributed by atoms with van der Waals surface area (Å²) in [5.74, 6) is -3.98. The predicted molar refractivity (Wildman–Crippen MR) is 140 cm³/mol. The molecule has 0 spiro atoms. The highest BCUT2D eigenvalue weighted by Gasteiger charge is 2.23. The molecule has 7 heteroatoms. The molecule has 0 saturated heterocycles. The minimum Gasteiger partial charge on any atom is -0.206 e. The van der Waals surface area contributed by atoms with E-state index in [4.69, 9.17) is 0 Å². The lowest BCUT2D eigenvalue weighted by Gasteiger charge is -2.11. The number of fused-ring (bicyclic) bond motifs is 1. The van der Waals surface area contributed by atoms with E-state index in [2.05, 4.69) is 0 Å². The van der Waals surface area contributed by atoms with Crippen molar-refractivity contribution in [3.63, 3.8) is 0 Å². The first-order valence-corrected chi connectivity index (χ1v) is 11.8. The second-order valence-electron chi connectivity index (χ2n) is 9.15. The minimum absolute atomic E-state index is 0.140. The number of hydrogen-bond donors (Lipinski definition) is 0. The van der Waals surface area contributed by atoms with Crippen LogP contribution in [0.3, 0.4) is 0 Å². The van der Waals surface area contributed by atoms with Crippen molar-refractivity contribution in [2.45, 2.75) is 13.1 Å². The van der Waals surface area contributed by atoms with E-state index in [1.54, 1.807) is 18.2 Å². The van der Waals surface area contributed by atoms with Crippen molar-refractivity contribution in [3.8, 4) is 33.4 Å². The number of allylic oxidation sites excluding steroid dienone is 1. The van der Waals surface area contributed by atoms with Gasteiger partial charge in [0, 0.05) is 28.2 Å². The molecule has 0 heterocycles. The van der Waals surface area contributed by atoms with Crippen molar-refractivity contribution < 1.29 is 30.7 Å². The van der Waals surface area contributed by atoms with Crippen LogP contribution >= 0.6 is 0 Å². The fourth-order valence-corrected chi connectivity index (χ4v) is 4.43. The molecule has 196 valence electrons. The zero-order valence-corrected chi connectivity index (χ0v) is 20.4. The van der Waals surface area contributed by atoms with Crippen molar-refractivity contribution in [1.29, 1.82) is 0 Å². The lowest BCUT2D eigenvalue weighted by Crippen LogP contribution is -2.01. The topological polar surface area (TPSA) is 0 Å². The van der Waals surface area contributed by atoms with Crippen molar-refractivity contribution in [2.75, 3.05) is 0 Å². The Kier molecular flexibility index (Phi) is 6.76. The van der Waals surface area contributed by atoms with E-state index in [9.17, 15) is 22.0 Å². The Hall–Kier alpha value is -4.39. The molecule has 39 heavy (non-hydrogen) atoms. The molecular weight excluding hydrogens is 517 g/mol. The average Bonchev–Trinajstić information content (AvgIpc) is 2.88. The van der Waals surface area contributed by atoms with E-state index in [-0.39, 0.29) is 34.4 Å². The Bertz CT molecular complexity index is 1710. The van der Waals surface area contributed by atoms with Gasteiger partial charge in [0.25, 0.3) is 0 Å². The number of halogens is 7. The van der Waals surface area contributed by atoms with Crippen molar-refractivity contribution in [3.05, 3.63) is 125 Å². The maximum Gasteiger partial charge on any atom is 0.409 e. The summed E-state index contributed by atoms with van der Waals surface area (Å²) in [6.07, 6.45) is -4.76. The molecule has 0 unspecified atom stereocenters. The molecule has 0 fully saturated rings. The van der Waals surface area contributed by atoms with E-state index in [1.165, 1.54) is 18.2 Å². The molecule has 0 aliphatic carbocycles. The van der Waals surface area contributed by atoms with Crippen LogP contribution in [-0.2, 0) is 0 Å². The third kappa shape index (κ3) is 5.43. The van der Waals surface area contributed by atoms with Gasteiger partial charge >= 0.3 is 6.18 Å². The molecule has 0 saturated carbocycles. The van der Waals surface area contributed by atoms with Crippen LogP contribution < -0.4 is 0 Å². The van der Waals surface area contributed by atoms with Crippen molar-refractivity contribution in [2.24, 2.45) is 0 Å². The van der Waals surface area contributed by atoms with Crippen LogP contribution in [0.25, 0.3) is 50.2 Å². The molecule has 5 rings (SSSR count). The third-order valence-electron chi connectivity index (χ3n) is 6.45. The fraction of sp³-hybridized carbons (Fsp3) is 0.0625. The summed E-state index contributed by atoms with van der Waals surface area (Å²) in [7, 11) is 0. The quantitative estimate of drug-likeness (QED) is 0.201. The van der Waals surface area contributed by atoms with Crippen LogP contribution in [0.5, 0.6) is 0 Å². The highest BCUT2D eigenvalue weighted by molar-refractivity contribution is 5.91. The zero-order valence-electron chi connectivity index (χ0n) is 20.4. The molecular formula is C32H19F7. The monoisotopic (exact) mass is 536 g/mol. The maximum atomic E-state index is 15.5. The molecule has 0 radical (unpaired) electrons. The Balaban J connectivity index is 1.48. The van der Waals surface area contributed by atoms with Crippen LogP contribution in [-0.4, -0.2) is 6.18 Å². The van der Waals surface area contributed by atoms with Crippen LogP contribution in [0.1, 0.15) is 11.1 Å². The lowest BCUT2D eigenvalue weighted by molar-refractivity contribution is -0.0790. The van der Waals surface area contributed by atoms with Crippen molar-refractivity contribution >= 4 is 16.8 Å². The second-order valence-corrected chi connectivity index (χ2v) is 9.15. The molecule has 0 atom stereocenters. The third-order valence-corrected chi connectivity index (χ3v) is 6.45. The van der Waals surface area contributed by atoms with Gasteiger partial charge in [0.05, 0.1) is 0 Å². The number of alkyl halides is 3. The highest BCUT2D eigenvalue weighted by Crippen LogP contribution is 2.35. The van der Waals surface area contributed by atoms with Gasteiger partial charge in [0.2, 0.25) is 0 Å².